The first-order valence-electron chi connectivity index (χ1n) is 5.76. The van der Waals surface area contributed by atoms with Gasteiger partial charge in [0.2, 0.25) is 5.91 Å². The molecule has 0 saturated carbocycles. The largest absolute Gasteiger partial charge is 0.497 e. The first-order valence-corrected chi connectivity index (χ1v) is 6.56. The van der Waals surface area contributed by atoms with E-state index in [4.69, 9.17) is 4.74 Å². The molecular formula is C14H18BrNO2. The maximum absolute atomic E-state index is 11.9. The number of ether oxygens (including phenoxy) is 1. The molecule has 1 rings (SSSR count). The number of nitrogens with zero attached hydrogens (tertiary/aromatic N) is 1. The van der Waals surface area contributed by atoms with Crippen molar-refractivity contribution in [1.29, 1.82) is 0 Å². The quantitative estimate of drug-likeness (QED) is 0.780. The smallest absolute Gasteiger partial charge is 0.249 e. The zero-order chi connectivity index (χ0) is 13.7. The summed E-state index contributed by atoms with van der Waals surface area (Å²) in [6.07, 6.45) is 0. The van der Waals surface area contributed by atoms with Crippen molar-refractivity contribution in [3.63, 3.8) is 0 Å². The molecular weight excluding hydrogens is 294 g/mol. The Hall–Kier alpha value is -1.29. The van der Waals surface area contributed by atoms with Crippen molar-refractivity contribution in [2.75, 3.05) is 13.7 Å². The Morgan fingerprint density at radius 1 is 1.50 bits per heavy atom. The Bertz CT molecular complexity index is 457. The highest BCUT2D eigenvalue weighted by atomic mass is 79.9. The third kappa shape index (κ3) is 3.60. The van der Waals surface area contributed by atoms with Gasteiger partial charge in [-0.25, -0.2) is 0 Å². The summed E-state index contributed by atoms with van der Waals surface area (Å²) in [4.78, 5) is 13.7. The maximum Gasteiger partial charge on any atom is 0.249 e. The van der Waals surface area contributed by atoms with Gasteiger partial charge < -0.3 is 9.64 Å². The first kappa shape index (κ1) is 14.8. The van der Waals surface area contributed by atoms with Crippen LogP contribution >= 0.6 is 15.9 Å². The molecule has 0 aliphatic carbocycles. The van der Waals surface area contributed by atoms with Crippen LogP contribution in [0.15, 0.2) is 34.8 Å². The van der Waals surface area contributed by atoms with Gasteiger partial charge in [-0.3, -0.25) is 4.79 Å². The lowest BCUT2D eigenvalue weighted by Crippen LogP contribution is -2.30. The Kier molecular flexibility index (Phi) is 5.41. The van der Waals surface area contributed by atoms with Gasteiger partial charge in [-0.15, -0.1) is 0 Å². The van der Waals surface area contributed by atoms with E-state index in [-0.39, 0.29) is 5.91 Å². The summed E-state index contributed by atoms with van der Waals surface area (Å²) >= 11 is 3.49. The summed E-state index contributed by atoms with van der Waals surface area (Å²) in [6.45, 7) is 8.56. The third-order valence-electron chi connectivity index (χ3n) is 2.65. The van der Waals surface area contributed by atoms with E-state index in [2.05, 4.69) is 22.5 Å². The minimum atomic E-state index is -0.0211. The molecule has 1 amide bonds. The number of benzene rings is 1. The summed E-state index contributed by atoms with van der Waals surface area (Å²) in [6, 6.07) is 5.73. The standard InChI is InChI=1S/C14H18BrNO2/c1-5-16(14(17)10(2)3)9-11-8-12(18-4)6-7-13(11)15/h6-8H,2,5,9H2,1,3-4H3. The number of halogens is 1. The van der Waals surface area contributed by atoms with Crippen LogP contribution in [0.25, 0.3) is 0 Å². The van der Waals surface area contributed by atoms with Gasteiger partial charge in [-0.1, -0.05) is 22.5 Å². The SMILES string of the molecule is C=C(C)C(=O)N(CC)Cc1cc(OC)ccc1Br. The fourth-order valence-corrected chi connectivity index (χ4v) is 1.97. The number of amides is 1. The van der Waals surface area contributed by atoms with E-state index in [1.165, 1.54) is 0 Å². The van der Waals surface area contributed by atoms with Crippen LogP contribution in [0.3, 0.4) is 0 Å². The second kappa shape index (κ2) is 6.59. The number of methoxy groups -OCH3 is 1. The second-order valence-electron chi connectivity index (χ2n) is 4.06. The van der Waals surface area contributed by atoms with Crippen molar-refractivity contribution in [2.45, 2.75) is 20.4 Å². The maximum atomic E-state index is 11.9. The lowest BCUT2D eigenvalue weighted by atomic mass is 10.2. The van der Waals surface area contributed by atoms with Crippen LogP contribution in [-0.2, 0) is 11.3 Å². The number of rotatable bonds is 5. The van der Waals surface area contributed by atoms with Gasteiger partial charge in [0.25, 0.3) is 0 Å². The predicted octanol–water partition coefficient (Wildman–Crippen LogP) is 3.38. The lowest BCUT2D eigenvalue weighted by molar-refractivity contribution is -0.127. The highest BCUT2D eigenvalue weighted by molar-refractivity contribution is 9.10. The van der Waals surface area contributed by atoms with Gasteiger partial charge in [0.15, 0.2) is 0 Å². The molecule has 0 radical (unpaired) electrons. The topological polar surface area (TPSA) is 29.5 Å². The lowest BCUT2D eigenvalue weighted by Gasteiger charge is -2.22. The van der Waals surface area contributed by atoms with Gasteiger partial charge in [-0.05, 0) is 37.6 Å². The first-order chi connectivity index (χ1) is 8.49. The summed E-state index contributed by atoms with van der Waals surface area (Å²) < 4.78 is 6.16. The number of hydrogen-bond acceptors (Lipinski definition) is 2. The number of carbonyl (C=O) groups is 1. The van der Waals surface area contributed by atoms with Crippen molar-refractivity contribution in [3.05, 3.63) is 40.4 Å². The van der Waals surface area contributed by atoms with Gasteiger partial charge in [0.1, 0.15) is 5.75 Å². The molecule has 0 heterocycles. The Morgan fingerprint density at radius 3 is 2.67 bits per heavy atom. The molecule has 0 atom stereocenters. The Labute approximate surface area is 117 Å². The summed E-state index contributed by atoms with van der Waals surface area (Å²) in [5.41, 5.74) is 1.57. The van der Waals surface area contributed by atoms with E-state index in [1.54, 1.807) is 18.9 Å². The van der Waals surface area contributed by atoms with E-state index < -0.39 is 0 Å². The molecule has 0 spiro atoms. The zero-order valence-electron chi connectivity index (χ0n) is 11.0. The number of likely N-dealkylation sites (N-methyl/N-ethyl adjacent to an activating group) is 1. The molecule has 0 aromatic heterocycles. The van der Waals surface area contributed by atoms with Gasteiger partial charge in [-0.2, -0.15) is 0 Å². The molecule has 0 bridgehead atoms. The Balaban J connectivity index is 2.94. The molecule has 3 nitrogen and oxygen atoms in total. The molecule has 0 N–H and O–H groups in total. The molecule has 18 heavy (non-hydrogen) atoms. The van der Waals surface area contributed by atoms with Gasteiger partial charge in [0.05, 0.1) is 7.11 Å². The van der Waals surface area contributed by atoms with E-state index in [0.717, 1.165) is 15.8 Å². The summed E-state index contributed by atoms with van der Waals surface area (Å²) in [5.74, 6) is 0.763. The van der Waals surface area contributed by atoms with Crippen LogP contribution in [0.1, 0.15) is 19.4 Å². The van der Waals surface area contributed by atoms with Gasteiger partial charge >= 0.3 is 0 Å². The molecule has 4 heteroatoms. The molecule has 98 valence electrons. The fourth-order valence-electron chi connectivity index (χ4n) is 1.60. The average Bonchev–Trinajstić information content (AvgIpc) is 2.36. The van der Waals surface area contributed by atoms with Crippen LogP contribution < -0.4 is 4.74 Å². The van der Waals surface area contributed by atoms with Crippen LogP contribution in [0.5, 0.6) is 5.75 Å². The molecule has 0 saturated heterocycles. The Morgan fingerprint density at radius 2 is 2.17 bits per heavy atom. The van der Waals surface area contributed by atoms with E-state index in [0.29, 0.717) is 18.7 Å². The van der Waals surface area contributed by atoms with E-state index in [9.17, 15) is 4.79 Å². The minimum Gasteiger partial charge on any atom is -0.497 e. The predicted molar refractivity (Wildman–Crippen MR) is 76.6 cm³/mol. The highest BCUT2D eigenvalue weighted by Crippen LogP contribution is 2.24. The van der Waals surface area contributed by atoms with Crippen molar-refractivity contribution in [3.8, 4) is 5.75 Å². The van der Waals surface area contributed by atoms with Crippen molar-refractivity contribution in [1.82, 2.24) is 4.90 Å². The number of hydrogen-bond donors (Lipinski definition) is 0. The third-order valence-corrected chi connectivity index (χ3v) is 3.42. The molecule has 1 aromatic rings. The van der Waals surface area contributed by atoms with Gasteiger partial charge in [0, 0.05) is 23.1 Å². The van der Waals surface area contributed by atoms with Crippen LogP contribution in [0, 0.1) is 0 Å². The van der Waals surface area contributed by atoms with Crippen molar-refractivity contribution >= 4 is 21.8 Å². The van der Waals surface area contributed by atoms with E-state index in [1.807, 2.05) is 25.1 Å². The second-order valence-corrected chi connectivity index (χ2v) is 4.91. The molecule has 1 aromatic carbocycles. The van der Waals surface area contributed by atoms with E-state index >= 15 is 0 Å². The monoisotopic (exact) mass is 311 g/mol. The van der Waals surface area contributed by atoms with Crippen LogP contribution in [-0.4, -0.2) is 24.5 Å². The molecule has 0 aliphatic rings. The summed E-state index contributed by atoms with van der Waals surface area (Å²) in [5, 5.41) is 0. The van der Waals surface area contributed by atoms with Crippen molar-refractivity contribution in [2.24, 2.45) is 0 Å². The zero-order valence-corrected chi connectivity index (χ0v) is 12.6. The van der Waals surface area contributed by atoms with Crippen LogP contribution in [0.2, 0.25) is 0 Å². The highest BCUT2D eigenvalue weighted by Gasteiger charge is 2.14. The normalized spacial score (nSPS) is 10.0. The van der Waals surface area contributed by atoms with Crippen LogP contribution in [0.4, 0.5) is 0 Å². The molecule has 0 aliphatic heterocycles. The molecule has 0 fully saturated rings. The summed E-state index contributed by atoms with van der Waals surface area (Å²) in [7, 11) is 1.63. The van der Waals surface area contributed by atoms with Crippen molar-refractivity contribution < 1.29 is 9.53 Å². The molecule has 0 unspecified atom stereocenters. The minimum absolute atomic E-state index is 0.0211. The number of carbonyl (C=O) groups excluding carboxylic acids is 1. The average molecular weight is 312 g/mol. The fraction of sp³-hybridized carbons (Fsp3) is 0.357.